The molecule has 0 aliphatic heterocycles. The van der Waals surface area contributed by atoms with Gasteiger partial charge >= 0.3 is 5.97 Å². The second-order valence-electron chi connectivity index (χ2n) is 6.28. The van der Waals surface area contributed by atoms with Gasteiger partial charge in [-0.1, -0.05) is 6.07 Å². The summed E-state index contributed by atoms with van der Waals surface area (Å²) < 4.78 is 1.64. The van der Waals surface area contributed by atoms with Crippen LogP contribution < -0.4 is 5.32 Å². The fraction of sp³-hybridized carbons (Fsp3) is 0.294. The third-order valence-electron chi connectivity index (χ3n) is 4.50. The quantitative estimate of drug-likeness (QED) is 0.748. The molecule has 0 radical (unpaired) electrons. The summed E-state index contributed by atoms with van der Waals surface area (Å²) in [6, 6.07) is 5.57. The van der Waals surface area contributed by atoms with Crippen LogP contribution in [0.3, 0.4) is 0 Å². The van der Waals surface area contributed by atoms with Gasteiger partial charge in [-0.2, -0.15) is 5.10 Å². The summed E-state index contributed by atoms with van der Waals surface area (Å²) in [6.07, 6.45) is 0.901. The molecule has 7 nitrogen and oxygen atoms in total. The smallest absolute Gasteiger partial charge is 0.329 e. The number of carbonyl (C=O) groups is 2. The van der Waals surface area contributed by atoms with Crippen molar-refractivity contribution in [2.24, 2.45) is 7.05 Å². The molecule has 0 aromatic carbocycles. The van der Waals surface area contributed by atoms with Crippen molar-refractivity contribution in [3.8, 4) is 10.6 Å². The molecule has 128 valence electrons. The van der Waals surface area contributed by atoms with E-state index in [-0.39, 0.29) is 0 Å². The number of nitrogens with zero attached hydrogens (tertiary/aromatic N) is 3. The molecule has 4 rings (SSSR count). The first-order chi connectivity index (χ1) is 11.9. The SMILES string of the molecule is Cc1nn(C)c2nc(-c3cccs3)cc(C(=O)NC3(C(=O)O)CC3)c12. The first kappa shape index (κ1) is 15.8. The monoisotopic (exact) mass is 356 g/mol. The van der Waals surface area contributed by atoms with Crippen molar-refractivity contribution in [2.45, 2.75) is 25.3 Å². The molecule has 3 aromatic rings. The molecule has 0 atom stereocenters. The molecule has 0 spiro atoms. The zero-order valence-corrected chi connectivity index (χ0v) is 14.6. The predicted molar refractivity (Wildman–Crippen MR) is 93.6 cm³/mol. The lowest BCUT2D eigenvalue weighted by Gasteiger charge is -2.13. The van der Waals surface area contributed by atoms with Gasteiger partial charge in [-0.15, -0.1) is 11.3 Å². The average molecular weight is 356 g/mol. The number of carboxylic acids is 1. The van der Waals surface area contributed by atoms with Gasteiger partial charge in [-0.3, -0.25) is 9.48 Å². The molecule has 1 aliphatic carbocycles. The van der Waals surface area contributed by atoms with Crippen LogP contribution in [-0.4, -0.2) is 37.3 Å². The number of hydrogen-bond donors (Lipinski definition) is 2. The van der Waals surface area contributed by atoms with E-state index in [2.05, 4.69) is 15.4 Å². The van der Waals surface area contributed by atoms with Crippen LogP contribution in [0.15, 0.2) is 23.6 Å². The third-order valence-corrected chi connectivity index (χ3v) is 5.39. The van der Waals surface area contributed by atoms with Gasteiger partial charge in [0.2, 0.25) is 0 Å². The van der Waals surface area contributed by atoms with Crippen molar-refractivity contribution in [3.05, 3.63) is 34.8 Å². The number of aliphatic carboxylic acids is 1. The van der Waals surface area contributed by atoms with E-state index in [0.29, 0.717) is 40.8 Å². The standard InChI is InChI=1S/C17H16N4O3S/c1-9-13-10(15(22)19-17(5-6-17)16(23)24)8-11(12-4-3-7-25-12)18-14(13)21(2)20-9/h3-4,7-8H,5-6H2,1-2H3,(H,19,22)(H,23,24). The van der Waals surface area contributed by atoms with Crippen LogP contribution >= 0.6 is 11.3 Å². The first-order valence-corrected chi connectivity index (χ1v) is 8.73. The topological polar surface area (TPSA) is 97.1 Å². The van der Waals surface area contributed by atoms with Crippen molar-refractivity contribution in [1.29, 1.82) is 0 Å². The van der Waals surface area contributed by atoms with E-state index in [1.807, 2.05) is 24.4 Å². The summed E-state index contributed by atoms with van der Waals surface area (Å²) in [7, 11) is 1.78. The van der Waals surface area contributed by atoms with E-state index in [4.69, 9.17) is 0 Å². The second-order valence-corrected chi connectivity index (χ2v) is 7.23. The summed E-state index contributed by atoms with van der Waals surface area (Å²) >= 11 is 1.53. The Kier molecular flexibility index (Phi) is 3.40. The molecule has 3 aromatic heterocycles. The Labute approximate surface area is 147 Å². The molecule has 8 heteroatoms. The number of aryl methyl sites for hydroxylation is 2. The van der Waals surface area contributed by atoms with E-state index >= 15 is 0 Å². The van der Waals surface area contributed by atoms with Crippen LogP contribution in [0, 0.1) is 6.92 Å². The predicted octanol–water partition coefficient (Wildman–Crippen LogP) is 2.35. The van der Waals surface area contributed by atoms with E-state index in [1.165, 1.54) is 11.3 Å². The number of hydrogen-bond acceptors (Lipinski definition) is 5. The minimum Gasteiger partial charge on any atom is -0.480 e. The van der Waals surface area contributed by atoms with Crippen LogP contribution in [0.4, 0.5) is 0 Å². The number of thiophene rings is 1. The van der Waals surface area contributed by atoms with Gasteiger partial charge in [0.25, 0.3) is 5.91 Å². The fourth-order valence-electron chi connectivity index (χ4n) is 2.98. The summed E-state index contributed by atoms with van der Waals surface area (Å²) in [5.41, 5.74) is 1.25. The maximum atomic E-state index is 12.9. The lowest BCUT2D eigenvalue weighted by molar-refractivity contribution is -0.140. The average Bonchev–Trinajstić information content (AvgIpc) is 3.04. The minimum absolute atomic E-state index is 0.402. The van der Waals surface area contributed by atoms with Crippen molar-refractivity contribution >= 4 is 34.2 Å². The molecule has 3 heterocycles. The molecule has 2 N–H and O–H groups in total. The van der Waals surface area contributed by atoms with E-state index in [9.17, 15) is 14.7 Å². The number of aromatic nitrogens is 3. The zero-order chi connectivity index (χ0) is 17.8. The molecule has 1 amide bonds. The van der Waals surface area contributed by atoms with Crippen molar-refractivity contribution in [3.63, 3.8) is 0 Å². The molecule has 0 unspecified atom stereocenters. The lowest BCUT2D eigenvalue weighted by atomic mass is 10.1. The largest absolute Gasteiger partial charge is 0.480 e. The molecule has 25 heavy (non-hydrogen) atoms. The Morgan fingerprint density at radius 2 is 2.16 bits per heavy atom. The maximum Gasteiger partial charge on any atom is 0.329 e. The fourth-order valence-corrected chi connectivity index (χ4v) is 3.66. The zero-order valence-electron chi connectivity index (χ0n) is 13.7. The second kappa shape index (κ2) is 5.38. The maximum absolute atomic E-state index is 12.9. The molecular weight excluding hydrogens is 340 g/mol. The first-order valence-electron chi connectivity index (χ1n) is 7.85. The number of nitrogens with one attached hydrogen (secondary N) is 1. The van der Waals surface area contributed by atoms with Gasteiger partial charge in [0, 0.05) is 7.05 Å². The highest BCUT2D eigenvalue weighted by molar-refractivity contribution is 7.13. The Morgan fingerprint density at radius 1 is 1.40 bits per heavy atom. The van der Waals surface area contributed by atoms with Crippen LogP contribution in [0.5, 0.6) is 0 Å². The summed E-state index contributed by atoms with van der Waals surface area (Å²) in [5, 5.41) is 19.0. The molecule has 1 fully saturated rings. The summed E-state index contributed by atoms with van der Waals surface area (Å²) in [5.74, 6) is -1.39. The van der Waals surface area contributed by atoms with Gasteiger partial charge in [-0.05, 0) is 37.3 Å². The van der Waals surface area contributed by atoms with E-state index in [1.54, 1.807) is 17.8 Å². The van der Waals surface area contributed by atoms with E-state index < -0.39 is 17.4 Å². The van der Waals surface area contributed by atoms with Crippen LogP contribution in [0.2, 0.25) is 0 Å². The number of amides is 1. The van der Waals surface area contributed by atoms with Gasteiger partial charge in [0.1, 0.15) is 5.54 Å². The summed E-state index contributed by atoms with van der Waals surface area (Å²) in [6.45, 7) is 1.82. The van der Waals surface area contributed by atoms with E-state index in [0.717, 1.165) is 4.88 Å². The summed E-state index contributed by atoms with van der Waals surface area (Å²) in [4.78, 5) is 29.8. The highest BCUT2D eigenvalue weighted by Gasteiger charge is 2.51. The van der Waals surface area contributed by atoms with Crippen molar-refractivity contribution in [2.75, 3.05) is 0 Å². The van der Waals surface area contributed by atoms with Crippen LogP contribution in [0.25, 0.3) is 21.6 Å². The van der Waals surface area contributed by atoms with Crippen molar-refractivity contribution < 1.29 is 14.7 Å². The third kappa shape index (κ3) is 2.49. The van der Waals surface area contributed by atoms with Gasteiger partial charge < -0.3 is 10.4 Å². The molecule has 1 aliphatic rings. The Balaban J connectivity index is 1.86. The molecule has 1 saturated carbocycles. The Hall–Kier alpha value is -2.74. The van der Waals surface area contributed by atoms with Gasteiger partial charge in [-0.25, -0.2) is 9.78 Å². The normalized spacial score (nSPS) is 15.3. The number of rotatable bonds is 4. The number of fused-ring (bicyclic) bond motifs is 1. The number of pyridine rings is 1. The van der Waals surface area contributed by atoms with Crippen molar-refractivity contribution in [1.82, 2.24) is 20.1 Å². The van der Waals surface area contributed by atoms with Gasteiger partial charge in [0.15, 0.2) is 5.65 Å². The molecular formula is C17H16N4O3S. The molecule has 0 bridgehead atoms. The number of carbonyl (C=O) groups excluding carboxylic acids is 1. The minimum atomic E-state index is -1.13. The Bertz CT molecular complexity index is 1000. The molecule has 0 saturated heterocycles. The van der Waals surface area contributed by atoms with Crippen LogP contribution in [-0.2, 0) is 11.8 Å². The highest BCUT2D eigenvalue weighted by Crippen LogP contribution is 2.36. The van der Waals surface area contributed by atoms with Crippen LogP contribution in [0.1, 0.15) is 28.9 Å². The number of carboxylic acid groups (broad SMARTS) is 1. The van der Waals surface area contributed by atoms with Gasteiger partial charge in [0.05, 0.1) is 27.2 Å². The Morgan fingerprint density at radius 3 is 2.76 bits per heavy atom. The highest BCUT2D eigenvalue weighted by atomic mass is 32.1. The lowest BCUT2D eigenvalue weighted by Crippen LogP contribution is -2.43.